The molecule has 0 aromatic heterocycles. The number of methoxy groups -OCH3 is 1. The predicted molar refractivity (Wildman–Crippen MR) is 94.2 cm³/mol. The van der Waals surface area contributed by atoms with Crippen molar-refractivity contribution in [2.75, 3.05) is 7.11 Å². The predicted octanol–water partition coefficient (Wildman–Crippen LogP) is 5.01. The lowest BCUT2D eigenvalue weighted by Crippen LogP contribution is -2.42. The molecule has 3 rings (SSSR count). The minimum atomic E-state index is 0.00926. The maximum atomic E-state index is 11.4. The third-order valence-electron chi connectivity index (χ3n) is 6.68. The Kier molecular flexibility index (Phi) is 4.16. The molecule has 0 aromatic rings. The quantitative estimate of drug-likeness (QED) is 0.684. The highest BCUT2D eigenvalue weighted by Gasteiger charge is 2.51. The molecule has 0 N–H and O–H groups in total. The van der Waals surface area contributed by atoms with Crippen LogP contribution in [0.25, 0.3) is 0 Å². The molecule has 0 spiro atoms. The average Bonchev–Trinajstić information content (AvgIpc) is 2.79. The van der Waals surface area contributed by atoms with Crippen molar-refractivity contribution in [2.45, 2.75) is 65.9 Å². The van der Waals surface area contributed by atoms with Crippen molar-refractivity contribution >= 4 is 6.29 Å². The first-order valence-electron chi connectivity index (χ1n) is 8.99. The number of hydrogen-bond donors (Lipinski definition) is 0. The Morgan fingerprint density at radius 3 is 2.57 bits per heavy atom. The van der Waals surface area contributed by atoms with Crippen LogP contribution in [0.1, 0.15) is 59.8 Å². The van der Waals surface area contributed by atoms with E-state index in [9.17, 15) is 4.79 Å². The summed E-state index contributed by atoms with van der Waals surface area (Å²) in [5.41, 5.74) is 5.83. The maximum absolute atomic E-state index is 11.4. The number of fused-ring (bicyclic) bond motifs is 3. The highest BCUT2D eigenvalue weighted by atomic mass is 16.5. The average molecular weight is 314 g/mol. The second-order valence-corrected chi connectivity index (χ2v) is 8.40. The van der Waals surface area contributed by atoms with Gasteiger partial charge in [-0.05, 0) is 53.7 Å². The van der Waals surface area contributed by atoms with E-state index in [0.29, 0.717) is 11.3 Å². The van der Waals surface area contributed by atoms with Crippen molar-refractivity contribution in [2.24, 2.45) is 16.7 Å². The molecule has 3 aliphatic carbocycles. The Labute approximate surface area is 140 Å². The lowest BCUT2D eigenvalue weighted by Gasteiger charge is -2.49. The number of ether oxygens (including phenoxy) is 1. The highest BCUT2D eigenvalue weighted by Crippen LogP contribution is 2.62. The molecule has 1 saturated carbocycles. The molecule has 126 valence electrons. The van der Waals surface area contributed by atoms with Gasteiger partial charge in [-0.15, -0.1) is 0 Å². The van der Waals surface area contributed by atoms with Crippen molar-refractivity contribution in [3.63, 3.8) is 0 Å². The molecule has 0 aliphatic heterocycles. The van der Waals surface area contributed by atoms with Gasteiger partial charge in [-0.3, -0.25) is 4.79 Å². The van der Waals surface area contributed by atoms with E-state index in [2.05, 4.69) is 33.8 Å². The maximum Gasteiger partial charge on any atom is 0.146 e. The molecule has 23 heavy (non-hydrogen) atoms. The van der Waals surface area contributed by atoms with Gasteiger partial charge in [0.05, 0.1) is 6.10 Å². The molecule has 0 heterocycles. The summed E-state index contributed by atoms with van der Waals surface area (Å²) < 4.78 is 5.89. The highest BCUT2D eigenvalue weighted by molar-refractivity contribution is 5.74. The minimum Gasteiger partial charge on any atom is -0.380 e. The first kappa shape index (κ1) is 16.7. The zero-order valence-corrected chi connectivity index (χ0v) is 15.2. The molecule has 0 saturated heterocycles. The van der Waals surface area contributed by atoms with Crippen LogP contribution in [0.15, 0.2) is 34.4 Å². The number of aldehydes is 1. The second-order valence-electron chi connectivity index (χ2n) is 8.40. The number of hydrogen-bond acceptors (Lipinski definition) is 2. The van der Waals surface area contributed by atoms with Crippen LogP contribution in [-0.2, 0) is 9.53 Å². The molecule has 1 fully saturated rings. The van der Waals surface area contributed by atoms with Crippen molar-refractivity contribution in [3.8, 4) is 0 Å². The fraction of sp³-hybridized carbons (Fsp3) is 0.667. The normalized spacial score (nSPS) is 37.0. The molecular formula is C21H30O2. The number of rotatable bonds is 3. The van der Waals surface area contributed by atoms with Gasteiger partial charge in [0.25, 0.3) is 0 Å². The number of allylic oxidation sites excluding steroid dienone is 4. The Bertz CT molecular complexity index is 607. The van der Waals surface area contributed by atoms with Crippen LogP contribution in [-0.4, -0.2) is 19.5 Å². The molecule has 2 heteroatoms. The van der Waals surface area contributed by atoms with Crippen LogP contribution in [0.5, 0.6) is 0 Å². The summed E-state index contributed by atoms with van der Waals surface area (Å²) in [6.07, 6.45) is 10.9. The molecule has 0 bridgehead atoms. The largest absolute Gasteiger partial charge is 0.380 e. The van der Waals surface area contributed by atoms with Gasteiger partial charge < -0.3 is 4.74 Å². The van der Waals surface area contributed by atoms with Gasteiger partial charge in [-0.25, -0.2) is 0 Å². The van der Waals surface area contributed by atoms with E-state index in [1.165, 1.54) is 24.8 Å². The molecule has 0 aromatic carbocycles. The standard InChI is InChI=1S/C21H30O2/c1-14(2)16-8-9-20(3)10-11-21(4)17(19(16)20)7-6-15(13-22)12-18(21)23-5/h6-7,13-14,18H,8-12H2,1-5H3/t18-,20?,21+/m0/s1. The van der Waals surface area contributed by atoms with E-state index >= 15 is 0 Å². The number of carbonyl (C=O) groups excluding carboxylic acids is 1. The van der Waals surface area contributed by atoms with E-state index in [-0.39, 0.29) is 11.5 Å². The second kappa shape index (κ2) is 5.73. The fourth-order valence-electron chi connectivity index (χ4n) is 5.07. The van der Waals surface area contributed by atoms with Crippen molar-refractivity contribution in [1.82, 2.24) is 0 Å². The SMILES string of the molecule is CO[C@H]1CC(C=O)=CC=C2C3=C(C(C)C)CCC3(C)CC[C@]21C. The van der Waals surface area contributed by atoms with Crippen molar-refractivity contribution < 1.29 is 9.53 Å². The van der Waals surface area contributed by atoms with Crippen LogP contribution in [0, 0.1) is 16.7 Å². The summed E-state index contributed by atoms with van der Waals surface area (Å²) in [6.45, 7) is 9.42. The van der Waals surface area contributed by atoms with Crippen LogP contribution in [0.4, 0.5) is 0 Å². The fourth-order valence-corrected chi connectivity index (χ4v) is 5.07. The van der Waals surface area contributed by atoms with E-state index < -0.39 is 0 Å². The lowest BCUT2D eigenvalue weighted by atomic mass is 9.57. The zero-order chi connectivity index (χ0) is 16.8. The van der Waals surface area contributed by atoms with E-state index in [4.69, 9.17) is 4.74 Å². The Morgan fingerprint density at radius 2 is 1.96 bits per heavy atom. The summed E-state index contributed by atoms with van der Waals surface area (Å²) in [5.74, 6) is 0.592. The Morgan fingerprint density at radius 1 is 1.22 bits per heavy atom. The van der Waals surface area contributed by atoms with Gasteiger partial charge >= 0.3 is 0 Å². The minimum absolute atomic E-state index is 0.00926. The van der Waals surface area contributed by atoms with Crippen molar-refractivity contribution in [3.05, 3.63) is 34.4 Å². The van der Waals surface area contributed by atoms with E-state index in [0.717, 1.165) is 24.7 Å². The summed E-state index contributed by atoms with van der Waals surface area (Å²) >= 11 is 0. The van der Waals surface area contributed by atoms with Gasteiger partial charge in [0.2, 0.25) is 0 Å². The summed E-state index contributed by atoms with van der Waals surface area (Å²) in [5, 5.41) is 0. The Balaban J connectivity index is 2.20. The topological polar surface area (TPSA) is 26.3 Å². The summed E-state index contributed by atoms with van der Waals surface area (Å²) in [7, 11) is 1.79. The van der Waals surface area contributed by atoms with E-state index in [1.807, 2.05) is 6.08 Å². The number of carbonyl (C=O) groups is 1. The molecule has 3 atom stereocenters. The van der Waals surface area contributed by atoms with Crippen LogP contribution in [0.3, 0.4) is 0 Å². The van der Waals surface area contributed by atoms with Crippen LogP contribution < -0.4 is 0 Å². The van der Waals surface area contributed by atoms with Crippen LogP contribution >= 0.6 is 0 Å². The Hall–Kier alpha value is -1.15. The summed E-state index contributed by atoms with van der Waals surface area (Å²) in [4.78, 5) is 11.4. The molecular weight excluding hydrogens is 284 g/mol. The summed E-state index contributed by atoms with van der Waals surface area (Å²) in [6, 6.07) is 0. The van der Waals surface area contributed by atoms with Crippen molar-refractivity contribution in [1.29, 1.82) is 0 Å². The van der Waals surface area contributed by atoms with E-state index in [1.54, 1.807) is 18.3 Å². The van der Waals surface area contributed by atoms with Gasteiger partial charge in [0.1, 0.15) is 6.29 Å². The first-order valence-corrected chi connectivity index (χ1v) is 8.99. The zero-order valence-electron chi connectivity index (χ0n) is 15.2. The van der Waals surface area contributed by atoms with Gasteiger partial charge in [0, 0.05) is 18.9 Å². The smallest absolute Gasteiger partial charge is 0.146 e. The van der Waals surface area contributed by atoms with Gasteiger partial charge in [-0.1, -0.05) is 45.4 Å². The first-order chi connectivity index (χ1) is 10.9. The van der Waals surface area contributed by atoms with Crippen LogP contribution in [0.2, 0.25) is 0 Å². The molecule has 2 nitrogen and oxygen atoms in total. The molecule has 1 unspecified atom stereocenters. The monoisotopic (exact) mass is 314 g/mol. The van der Waals surface area contributed by atoms with Gasteiger partial charge in [0.15, 0.2) is 0 Å². The van der Waals surface area contributed by atoms with Gasteiger partial charge in [-0.2, -0.15) is 0 Å². The molecule has 0 amide bonds. The lowest BCUT2D eigenvalue weighted by molar-refractivity contribution is -0.105. The third-order valence-corrected chi connectivity index (χ3v) is 6.68. The molecule has 3 aliphatic rings. The molecule has 0 radical (unpaired) electrons. The third kappa shape index (κ3) is 2.46.